The first kappa shape index (κ1) is 32.5. The first-order valence-electron chi connectivity index (χ1n) is 14.9. The molecule has 1 fully saturated rings. The molecule has 5 rings (SSSR count). The van der Waals surface area contributed by atoms with Crippen molar-refractivity contribution in [1.29, 1.82) is 0 Å². The Bertz CT molecular complexity index is 1640. The first-order valence-corrected chi connectivity index (χ1v) is 17.0. The summed E-state index contributed by atoms with van der Waals surface area (Å²) in [6, 6.07) is 20.7. The van der Waals surface area contributed by atoms with Gasteiger partial charge in [-0.2, -0.15) is 0 Å². The molecule has 1 amide bonds. The molecule has 0 radical (unpaired) electrons. The number of hydrogen-bond acceptors (Lipinski definition) is 9. The first-order chi connectivity index (χ1) is 21.9. The van der Waals surface area contributed by atoms with Crippen LogP contribution in [0.25, 0.3) is 5.76 Å². The molecular formula is C34H34ClN3O5S2. The average molecular weight is 664 g/mol. The summed E-state index contributed by atoms with van der Waals surface area (Å²) in [6.45, 7) is 5.37. The highest BCUT2D eigenvalue weighted by Gasteiger charge is 2.48. The molecule has 3 aromatic carbocycles. The monoisotopic (exact) mass is 663 g/mol. The summed E-state index contributed by atoms with van der Waals surface area (Å²) in [6.07, 6.45) is 3.89. The Morgan fingerprint density at radius 1 is 0.889 bits per heavy atom. The van der Waals surface area contributed by atoms with Crippen LogP contribution in [0.2, 0.25) is 5.02 Å². The molecule has 1 N–H and O–H groups in total. The third kappa shape index (κ3) is 7.87. The number of aliphatic hydroxyl groups excluding tert-OH is 1. The molecule has 1 aromatic heterocycles. The van der Waals surface area contributed by atoms with Crippen LogP contribution < -0.4 is 14.4 Å². The molecule has 45 heavy (non-hydrogen) atoms. The maximum Gasteiger partial charge on any atom is 0.301 e. The fraction of sp³-hybridized carbons (Fsp3) is 0.294. The van der Waals surface area contributed by atoms with Gasteiger partial charge in [-0.25, -0.2) is 0 Å². The topological polar surface area (TPSA) is 102 Å². The van der Waals surface area contributed by atoms with Gasteiger partial charge >= 0.3 is 5.91 Å². The summed E-state index contributed by atoms with van der Waals surface area (Å²) < 4.78 is 12.2. The molecule has 1 aliphatic rings. The van der Waals surface area contributed by atoms with Crippen LogP contribution in [0.5, 0.6) is 11.5 Å². The number of Topliss-reactive ketones (excluding diaryl/α,β-unsaturated/α-hetero) is 1. The van der Waals surface area contributed by atoms with Gasteiger partial charge in [-0.05, 0) is 72.5 Å². The molecule has 0 bridgehead atoms. The van der Waals surface area contributed by atoms with Crippen LogP contribution in [0.15, 0.2) is 82.7 Å². The summed E-state index contributed by atoms with van der Waals surface area (Å²) in [5.41, 5.74) is 2.06. The minimum absolute atomic E-state index is 0.0233. The van der Waals surface area contributed by atoms with E-state index in [4.69, 9.17) is 21.1 Å². The Morgan fingerprint density at radius 2 is 1.49 bits per heavy atom. The Hall–Kier alpha value is -3.86. The minimum Gasteiger partial charge on any atom is -0.507 e. The number of aliphatic hydroxyl groups is 1. The number of ether oxygens (including phenoxy) is 2. The predicted octanol–water partition coefficient (Wildman–Crippen LogP) is 8.47. The molecule has 1 saturated heterocycles. The number of thioether (sulfide) groups is 1. The second-order valence-corrected chi connectivity index (χ2v) is 13.0. The lowest BCUT2D eigenvalue weighted by molar-refractivity contribution is -0.132. The van der Waals surface area contributed by atoms with E-state index in [1.54, 1.807) is 48.5 Å². The van der Waals surface area contributed by atoms with Crippen LogP contribution in [0, 0.1) is 0 Å². The van der Waals surface area contributed by atoms with E-state index in [2.05, 4.69) is 24.0 Å². The highest BCUT2D eigenvalue weighted by atomic mass is 35.5. The zero-order valence-electron chi connectivity index (χ0n) is 25.1. The van der Waals surface area contributed by atoms with E-state index in [-0.39, 0.29) is 16.5 Å². The van der Waals surface area contributed by atoms with E-state index in [1.165, 1.54) is 28.0 Å². The highest BCUT2D eigenvalue weighted by molar-refractivity contribution is 8.00. The van der Waals surface area contributed by atoms with Crippen LogP contribution in [-0.2, 0) is 15.3 Å². The highest BCUT2D eigenvalue weighted by Crippen LogP contribution is 2.44. The summed E-state index contributed by atoms with van der Waals surface area (Å²) in [4.78, 5) is 28.5. The van der Waals surface area contributed by atoms with Crippen molar-refractivity contribution >= 4 is 57.3 Å². The number of benzene rings is 3. The second kappa shape index (κ2) is 15.4. The molecule has 0 saturated carbocycles. The Morgan fingerprint density at radius 3 is 2.09 bits per heavy atom. The number of halogens is 1. The molecule has 0 spiro atoms. The van der Waals surface area contributed by atoms with Crippen molar-refractivity contribution < 1.29 is 24.2 Å². The van der Waals surface area contributed by atoms with Gasteiger partial charge < -0.3 is 14.6 Å². The molecule has 8 nitrogen and oxygen atoms in total. The SMILES string of the molecule is CCCCOc1ccc(C(O)=C2C(=O)C(=O)N(c3nnc(SCc4ccc(Cl)cc4)s3)C2c2ccc(OCCCC)cc2)cc1. The van der Waals surface area contributed by atoms with E-state index in [1.807, 2.05) is 24.3 Å². The molecule has 1 aliphatic heterocycles. The number of nitrogens with zero attached hydrogens (tertiary/aromatic N) is 3. The van der Waals surface area contributed by atoms with E-state index < -0.39 is 17.7 Å². The molecule has 4 aromatic rings. The van der Waals surface area contributed by atoms with E-state index in [0.717, 1.165) is 31.2 Å². The summed E-state index contributed by atoms with van der Waals surface area (Å²) in [7, 11) is 0. The van der Waals surface area contributed by atoms with Gasteiger partial charge in [0.2, 0.25) is 5.13 Å². The van der Waals surface area contributed by atoms with Gasteiger partial charge in [0.1, 0.15) is 17.3 Å². The Balaban J connectivity index is 1.47. The van der Waals surface area contributed by atoms with Crippen molar-refractivity contribution in [3.63, 3.8) is 0 Å². The molecule has 2 heterocycles. The third-order valence-corrected chi connectivity index (χ3v) is 9.56. The molecule has 11 heteroatoms. The summed E-state index contributed by atoms with van der Waals surface area (Å²) >= 11 is 8.70. The van der Waals surface area contributed by atoms with Gasteiger partial charge in [0.05, 0.1) is 24.8 Å². The molecule has 0 aliphatic carbocycles. The number of amides is 1. The van der Waals surface area contributed by atoms with Crippen molar-refractivity contribution in [3.8, 4) is 11.5 Å². The van der Waals surface area contributed by atoms with E-state index in [9.17, 15) is 14.7 Å². The van der Waals surface area contributed by atoms with Gasteiger partial charge in [0.25, 0.3) is 5.78 Å². The molecular weight excluding hydrogens is 630 g/mol. The number of ketones is 1. The van der Waals surface area contributed by atoms with Crippen LogP contribution >= 0.6 is 34.7 Å². The van der Waals surface area contributed by atoms with Crippen LogP contribution in [0.3, 0.4) is 0 Å². The third-order valence-electron chi connectivity index (χ3n) is 7.18. The number of unbranched alkanes of at least 4 members (excludes halogenated alkanes) is 2. The number of carbonyl (C=O) groups excluding carboxylic acids is 2. The van der Waals surface area contributed by atoms with Crippen LogP contribution in [0.4, 0.5) is 5.13 Å². The second-order valence-electron chi connectivity index (χ2n) is 10.4. The number of anilines is 1. The quantitative estimate of drug-likeness (QED) is 0.0358. The largest absolute Gasteiger partial charge is 0.507 e. The molecule has 1 atom stereocenters. The van der Waals surface area contributed by atoms with Gasteiger partial charge in [0, 0.05) is 16.3 Å². The summed E-state index contributed by atoms with van der Waals surface area (Å²) in [5, 5.41) is 21.0. The minimum atomic E-state index is -0.919. The fourth-order valence-electron chi connectivity index (χ4n) is 4.71. The van der Waals surface area contributed by atoms with Crippen molar-refractivity contribution in [2.24, 2.45) is 0 Å². The zero-order chi connectivity index (χ0) is 31.8. The smallest absolute Gasteiger partial charge is 0.301 e. The normalized spacial score (nSPS) is 15.9. The maximum absolute atomic E-state index is 13.6. The molecule has 1 unspecified atom stereocenters. The standard InChI is InChI=1S/C34H34ClN3O5S2/c1-3-5-19-42-26-15-9-23(10-16-26)29-28(30(39)24-11-17-27(18-12-24)43-20-6-4-2)31(40)32(41)38(29)33-36-37-34(45-33)44-21-22-7-13-25(35)14-8-22/h7-18,29,39H,3-6,19-21H2,1-2H3. The molecule has 234 valence electrons. The Kier molecular flexibility index (Phi) is 11.2. The van der Waals surface area contributed by atoms with Gasteiger partial charge in [-0.3, -0.25) is 14.5 Å². The van der Waals surface area contributed by atoms with Crippen LogP contribution in [0.1, 0.15) is 62.3 Å². The lowest BCUT2D eigenvalue weighted by Gasteiger charge is -2.22. The van der Waals surface area contributed by atoms with Gasteiger partial charge in [0.15, 0.2) is 4.34 Å². The Labute approximate surface area is 276 Å². The number of aromatic nitrogens is 2. The lowest BCUT2D eigenvalue weighted by atomic mass is 9.95. The number of carbonyl (C=O) groups is 2. The summed E-state index contributed by atoms with van der Waals surface area (Å²) in [5.74, 6) is 0.120. The average Bonchev–Trinajstić information content (AvgIpc) is 3.63. The predicted molar refractivity (Wildman–Crippen MR) is 179 cm³/mol. The fourth-order valence-corrected chi connectivity index (χ4v) is 6.66. The van der Waals surface area contributed by atoms with Crippen molar-refractivity contribution in [2.75, 3.05) is 18.1 Å². The number of rotatable bonds is 14. The maximum atomic E-state index is 13.6. The lowest BCUT2D eigenvalue weighted by Crippen LogP contribution is -2.29. The van der Waals surface area contributed by atoms with Crippen molar-refractivity contribution in [2.45, 2.75) is 55.7 Å². The van der Waals surface area contributed by atoms with Gasteiger partial charge in [-0.1, -0.05) is 85.7 Å². The van der Waals surface area contributed by atoms with E-state index >= 15 is 0 Å². The zero-order valence-corrected chi connectivity index (χ0v) is 27.5. The van der Waals surface area contributed by atoms with Gasteiger partial charge in [-0.15, -0.1) is 10.2 Å². The number of hydrogen-bond donors (Lipinski definition) is 1. The van der Waals surface area contributed by atoms with Crippen LogP contribution in [-0.4, -0.2) is 40.2 Å². The van der Waals surface area contributed by atoms with Crippen molar-refractivity contribution in [1.82, 2.24) is 10.2 Å². The van der Waals surface area contributed by atoms with Crippen molar-refractivity contribution in [3.05, 3.63) is 100 Å². The van der Waals surface area contributed by atoms with E-state index in [0.29, 0.717) is 51.0 Å².